The monoisotopic (exact) mass is 141 g/mol. The summed E-state index contributed by atoms with van der Waals surface area (Å²) in [6, 6.07) is 0.00810. The normalized spacial score (nSPS) is 30.2. The predicted octanol–water partition coefficient (Wildman–Crippen LogP) is -1.23. The second-order valence-electron chi connectivity index (χ2n) is 2.24. The molecule has 1 saturated heterocycles. The van der Waals surface area contributed by atoms with Crippen LogP contribution in [0.1, 0.15) is 6.42 Å². The first-order valence-electron chi connectivity index (χ1n) is 3.09. The Bertz CT molecular complexity index is 201. The largest absolute Gasteiger partial charge is 0.362 e. The molecule has 10 heavy (non-hydrogen) atoms. The number of carbonyl (C=O) groups excluding carboxylic acids is 1. The second kappa shape index (κ2) is 1.95. The SMILES string of the molecule is O=C1CC2NCN=C2ON1. The molecule has 2 heterocycles. The van der Waals surface area contributed by atoms with E-state index in [4.69, 9.17) is 4.84 Å². The highest BCUT2D eigenvalue weighted by Crippen LogP contribution is 2.06. The number of hydroxylamine groups is 1. The zero-order valence-electron chi connectivity index (χ0n) is 5.26. The summed E-state index contributed by atoms with van der Waals surface area (Å²) in [5.74, 6) is 0.498. The zero-order chi connectivity index (χ0) is 6.97. The fourth-order valence-corrected chi connectivity index (χ4v) is 1.03. The zero-order valence-corrected chi connectivity index (χ0v) is 5.26. The Hall–Kier alpha value is -1.10. The summed E-state index contributed by atoms with van der Waals surface area (Å²) < 4.78 is 0. The van der Waals surface area contributed by atoms with Crippen LogP contribution in [0.25, 0.3) is 0 Å². The molecule has 1 amide bonds. The van der Waals surface area contributed by atoms with Gasteiger partial charge in [-0.1, -0.05) is 0 Å². The number of carbonyl (C=O) groups is 1. The average molecular weight is 141 g/mol. The van der Waals surface area contributed by atoms with Crippen molar-refractivity contribution in [2.75, 3.05) is 6.67 Å². The van der Waals surface area contributed by atoms with Crippen LogP contribution >= 0.6 is 0 Å². The Kier molecular flexibility index (Phi) is 1.10. The van der Waals surface area contributed by atoms with Crippen LogP contribution < -0.4 is 10.8 Å². The summed E-state index contributed by atoms with van der Waals surface area (Å²) in [6.45, 7) is 0.551. The summed E-state index contributed by atoms with van der Waals surface area (Å²) in [7, 11) is 0. The number of rotatable bonds is 0. The molecule has 0 aromatic rings. The third-order valence-corrected chi connectivity index (χ3v) is 1.53. The van der Waals surface area contributed by atoms with E-state index in [9.17, 15) is 4.79 Å². The Balaban J connectivity index is 2.13. The van der Waals surface area contributed by atoms with E-state index in [2.05, 4.69) is 15.8 Å². The highest BCUT2D eigenvalue weighted by molar-refractivity contribution is 5.92. The van der Waals surface area contributed by atoms with E-state index in [1.807, 2.05) is 0 Å². The molecule has 2 aliphatic heterocycles. The van der Waals surface area contributed by atoms with Crippen LogP contribution in [-0.2, 0) is 9.63 Å². The lowest BCUT2D eigenvalue weighted by molar-refractivity contribution is -0.130. The molecule has 0 aliphatic carbocycles. The van der Waals surface area contributed by atoms with Gasteiger partial charge in [0, 0.05) is 0 Å². The van der Waals surface area contributed by atoms with Crippen LogP contribution in [0.5, 0.6) is 0 Å². The van der Waals surface area contributed by atoms with E-state index in [1.165, 1.54) is 0 Å². The lowest BCUT2D eigenvalue weighted by atomic mass is 10.2. The number of hydrogen-bond donors (Lipinski definition) is 2. The van der Waals surface area contributed by atoms with Crippen LogP contribution in [0.2, 0.25) is 0 Å². The van der Waals surface area contributed by atoms with Crippen molar-refractivity contribution in [3.63, 3.8) is 0 Å². The maximum absolute atomic E-state index is 10.7. The Morgan fingerprint density at radius 2 is 2.60 bits per heavy atom. The van der Waals surface area contributed by atoms with Crippen molar-refractivity contribution in [2.45, 2.75) is 12.5 Å². The maximum atomic E-state index is 10.7. The molecule has 54 valence electrons. The minimum Gasteiger partial charge on any atom is -0.362 e. The Morgan fingerprint density at radius 3 is 3.50 bits per heavy atom. The molecule has 2 rings (SSSR count). The smallest absolute Gasteiger partial charge is 0.254 e. The van der Waals surface area contributed by atoms with Gasteiger partial charge < -0.3 is 4.84 Å². The molecule has 0 saturated carbocycles. The number of amides is 1. The van der Waals surface area contributed by atoms with Crippen molar-refractivity contribution in [3.8, 4) is 0 Å². The molecule has 1 unspecified atom stereocenters. The summed E-state index contributed by atoms with van der Waals surface area (Å²) in [4.78, 5) is 19.4. The van der Waals surface area contributed by atoms with Crippen LogP contribution in [-0.4, -0.2) is 24.5 Å². The Morgan fingerprint density at radius 1 is 1.70 bits per heavy atom. The van der Waals surface area contributed by atoms with E-state index in [-0.39, 0.29) is 11.9 Å². The van der Waals surface area contributed by atoms with Gasteiger partial charge in [-0.2, -0.15) is 5.48 Å². The van der Waals surface area contributed by atoms with Gasteiger partial charge in [0.1, 0.15) is 0 Å². The minimum absolute atomic E-state index is 0.00810. The topological polar surface area (TPSA) is 62.7 Å². The van der Waals surface area contributed by atoms with Crippen LogP contribution in [0.3, 0.4) is 0 Å². The molecule has 1 atom stereocenters. The molecule has 1 fully saturated rings. The van der Waals surface area contributed by atoms with Crippen molar-refractivity contribution < 1.29 is 9.63 Å². The van der Waals surface area contributed by atoms with E-state index >= 15 is 0 Å². The van der Waals surface area contributed by atoms with Gasteiger partial charge in [0.25, 0.3) is 5.91 Å². The van der Waals surface area contributed by atoms with E-state index < -0.39 is 0 Å². The third-order valence-electron chi connectivity index (χ3n) is 1.53. The summed E-state index contributed by atoms with van der Waals surface area (Å²) in [5, 5.41) is 3.00. The highest BCUT2D eigenvalue weighted by Gasteiger charge is 2.29. The number of fused-ring (bicyclic) bond motifs is 1. The molecule has 0 aromatic carbocycles. The number of hydrogen-bond acceptors (Lipinski definition) is 4. The summed E-state index contributed by atoms with van der Waals surface area (Å²) >= 11 is 0. The summed E-state index contributed by atoms with van der Waals surface area (Å²) in [5.41, 5.74) is 2.24. The van der Waals surface area contributed by atoms with Crippen LogP contribution in [0.15, 0.2) is 4.99 Å². The number of nitrogens with zero attached hydrogens (tertiary/aromatic N) is 1. The van der Waals surface area contributed by atoms with Gasteiger partial charge in [-0.25, -0.2) is 4.99 Å². The van der Waals surface area contributed by atoms with Gasteiger partial charge in [-0.15, -0.1) is 0 Å². The Labute approximate surface area is 57.4 Å². The van der Waals surface area contributed by atoms with Gasteiger partial charge in [0.05, 0.1) is 19.1 Å². The first-order chi connectivity index (χ1) is 4.86. The van der Waals surface area contributed by atoms with Crippen molar-refractivity contribution in [1.82, 2.24) is 10.8 Å². The number of aliphatic imine (C=N–C) groups is 1. The lowest BCUT2D eigenvalue weighted by Crippen LogP contribution is -2.45. The first kappa shape index (κ1) is 5.67. The molecule has 5 heteroatoms. The fourth-order valence-electron chi connectivity index (χ4n) is 1.03. The van der Waals surface area contributed by atoms with E-state index in [0.29, 0.717) is 19.0 Å². The van der Waals surface area contributed by atoms with Crippen molar-refractivity contribution in [3.05, 3.63) is 0 Å². The molecule has 0 bridgehead atoms. The van der Waals surface area contributed by atoms with Crippen LogP contribution in [0.4, 0.5) is 0 Å². The number of nitrogens with one attached hydrogen (secondary N) is 2. The molecular formula is C5H7N3O2. The molecule has 2 N–H and O–H groups in total. The maximum Gasteiger partial charge on any atom is 0.254 e. The van der Waals surface area contributed by atoms with Gasteiger partial charge in [0.15, 0.2) is 0 Å². The molecule has 0 aromatic heterocycles. The first-order valence-corrected chi connectivity index (χ1v) is 3.09. The average Bonchev–Trinajstić information content (AvgIpc) is 2.33. The minimum atomic E-state index is -0.0987. The van der Waals surface area contributed by atoms with Gasteiger partial charge in [0.2, 0.25) is 5.90 Å². The fraction of sp³-hybridized carbons (Fsp3) is 0.600. The van der Waals surface area contributed by atoms with Gasteiger partial charge in [-0.3, -0.25) is 10.1 Å². The van der Waals surface area contributed by atoms with E-state index in [0.717, 1.165) is 0 Å². The van der Waals surface area contributed by atoms with Crippen LogP contribution in [0, 0.1) is 0 Å². The molecule has 0 spiro atoms. The summed E-state index contributed by atoms with van der Waals surface area (Å²) in [6.07, 6.45) is 0.429. The van der Waals surface area contributed by atoms with E-state index in [1.54, 1.807) is 0 Å². The third kappa shape index (κ3) is 0.750. The highest BCUT2D eigenvalue weighted by atomic mass is 16.7. The molecule has 0 radical (unpaired) electrons. The molecular weight excluding hydrogens is 134 g/mol. The molecule has 5 nitrogen and oxygen atoms in total. The van der Waals surface area contributed by atoms with Crippen molar-refractivity contribution in [2.24, 2.45) is 4.99 Å². The predicted molar refractivity (Wildman–Crippen MR) is 33.1 cm³/mol. The molecule has 2 aliphatic rings. The van der Waals surface area contributed by atoms with Gasteiger partial charge in [-0.05, 0) is 0 Å². The van der Waals surface area contributed by atoms with Crippen molar-refractivity contribution in [1.29, 1.82) is 0 Å². The van der Waals surface area contributed by atoms with Gasteiger partial charge >= 0.3 is 0 Å². The second-order valence-corrected chi connectivity index (χ2v) is 2.24. The van der Waals surface area contributed by atoms with Crippen molar-refractivity contribution >= 4 is 11.8 Å². The quantitative estimate of drug-likeness (QED) is 0.444. The lowest BCUT2D eigenvalue weighted by Gasteiger charge is -2.18. The standard InChI is InChI=1S/C5H7N3O2/c9-4-1-3-5(10-8-4)7-2-6-3/h3,6H,1-2H2,(H,8,9).